The van der Waals surface area contributed by atoms with Crippen LogP contribution in [-0.2, 0) is 17.8 Å². The molecule has 0 unspecified atom stereocenters. The number of tetrazole rings is 1. The van der Waals surface area contributed by atoms with Gasteiger partial charge in [0.1, 0.15) is 5.75 Å². The van der Waals surface area contributed by atoms with Gasteiger partial charge in [-0.1, -0.05) is 29.5 Å². The van der Waals surface area contributed by atoms with Crippen molar-refractivity contribution in [2.24, 2.45) is 0 Å². The van der Waals surface area contributed by atoms with E-state index in [1.165, 1.54) is 0 Å². The highest BCUT2D eigenvalue weighted by Crippen LogP contribution is 2.22. The largest absolute Gasteiger partial charge is 0.485 e. The number of amides is 1. The molecule has 2 aromatic carbocycles. The number of aromatic amines is 1. The van der Waals surface area contributed by atoms with E-state index in [1.54, 1.807) is 7.05 Å². The summed E-state index contributed by atoms with van der Waals surface area (Å²) in [7, 11) is 1.64. The van der Waals surface area contributed by atoms with Crippen molar-refractivity contribution in [2.75, 3.05) is 7.05 Å². The van der Waals surface area contributed by atoms with Gasteiger partial charge in [-0.25, -0.2) is 0 Å². The van der Waals surface area contributed by atoms with Gasteiger partial charge in [-0.15, -0.1) is 10.2 Å². The summed E-state index contributed by atoms with van der Waals surface area (Å²) in [4.78, 5) is 11.4. The molecule has 7 nitrogen and oxygen atoms in total. The first-order valence-electron chi connectivity index (χ1n) is 6.83. The number of hydrogen-bond donors (Lipinski definition) is 2. The summed E-state index contributed by atoms with van der Waals surface area (Å²) in [5, 5.41) is 18.2. The predicted molar refractivity (Wildman–Crippen MR) is 80.2 cm³/mol. The molecule has 0 saturated carbocycles. The van der Waals surface area contributed by atoms with Gasteiger partial charge in [0.15, 0.2) is 6.61 Å². The van der Waals surface area contributed by atoms with Gasteiger partial charge in [0, 0.05) is 7.05 Å². The van der Waals surface area contributed by atoms with Crippen LogP contribution in [0.1, 0.15) is 11.4 Å². The Labute approximate surface area is 126 Å². The molecule has 0 bridgehead atoms. The molecule has 0 aliphatic rings. The molecule has 0 radical (unpaired) electrons. The first-order chi connectivity index (χ1) is 10.7. The van der Waals surface area contributed by atoms with Gasteiger partial charge in [0.25, 0.3) is 0 Å². The van der Waals surface area contributed by atoms with E-state index in [2.05, 4.69) is 25.9 Å². The van der Waals surface area contributed by atoms with Crippen LogP contribution in [0.25, 0.3) is 10.8 Å². The number of nitrogens with one attached hydrogen (secondary N) is 2. The lowest BCUT2D eigenvalue weighted by atomic mass is 10.0. The Balaban J connectivity index is 1.75. The van der Waals surface area contributed by atoms with Crippen LogP contribution in [0.4, 0.5) is 0 Å². The molecule has 0 fully saturated rings. The van der Waals surface area contributed by atoms with Crippen molar-refractivity contribution in [3.8, 4) is 5.75 Å². The lowest BCUT2D eigenvalue weighted by Gasteiger charge is -2.07. The molecule has 0 aliphatic heterocycles. The Bertz CT molecular complexity index is 786. The molecule has 22 heavy (non-hydrogen) atoms. The minimum absolute atomic E-state index is 0.000541. The molecule has 0 atom stereocenters. The molecule has 1 aromatic heterocycles. The molecule has 1 amide bonds. The van der Waals surface area contributed by atoms with Crippen LogP contribution in [0.5, 0.6) is 5.75 Å². The van der Waals surface area contributed by atoms with E-state index in [9.17, 15) is 4.79 Å². The van der Waals surface area contributed by atoms with E-state index in [0.29, 0.717) is 12.2 Å². The minimum atomic E-state index is -0.000541. The van der Waals surface area contributed by atoms with E-state index in [1.807, 2.05) is 36.4 Å². The molecule has 2 N–H and O–H groups in total. The number of H-pyrrole nitrogens is 1. The van der Waals surface area contributed by atoms with Gasteiger partial charge in [0.05, 0.1) is 6.42 Å². The second kappa shape index (κ2) is 6.21. The second-order valence-corrected chi connectivity index (χ2v) is 4.81. The van der Waals surface area contributed by atoms with Crippen LogP contribution in [-0.4, -0.2) is 33.6 Å². The summed E-state index contributed by atoms with van der Waals surface area (Å²) in [6, 6.07) is 11.7. The number of rotatable bonds is 5. The van der Waals surface area contributed by atoms with Crippen molar-refractivity contribution in [1.82, 2.24) is 25.9 Å². The molecule has 3 rings (SSSR count). The smallest absolute Gasteiger partial charge is 0.224 e. The van der Waals surface area contributed by atoms with E-state index >= 15 is 0 Å². The fraction of sp³-hybridized carbons (Fsp3) is 0.200. The number of carbonyl (C=O) groups is 1. The third kappa shape index (κ3) is 3.20. The molecule has 0 aliphatic carbocycles. The molecule has 0 saturated heterocycles. The van der Waals surface area contributed by atoms with Crippen LogP contribution in [0, 0.1) is 0 Å². The predicted octanol–water partition coefficient (Wildman–Crippen LogP) is 1.22. The Morgan fingerprint density at radius 2 is 2.05 bits per heavy atom. The summed E-state index contributed by atoms with van der Waals surface area (Å²) in [6.45, 7) is 0.261. The highest BCUT2D eigenvalue weighted by Gasteiger charge is 2.04. The van der Waals surface area contributed by atoms with Crippen LogP contribution in [0.15, 0.2) is 36.4 Å². The number of carbonyl (C=O) groups excluding carboxylic acids is 1. The number of aromatic nitrogens is 4. The highest BCUT2D eigenvalue weighted by atomic mass is 16.5. The van der Waals surface area contributed by atoms with Crippen LogP contribution in [0.3, 0.4) is 0 Å². The third-order valence-corrected chi connectivity index (χ3v) is 3.28. The maximum absolute atomic E-state index is 11.4. The topological polar surface area (TPSA) is 92.8 Å². The summed E-state index contributed by atoms with van der Waals surface area (Å²) >= 11 is 0. The monoisotopic (exact) mass is 297 g/mol. The van der Waals surface area contributed by atoms with Gasteiger partial charge >= 0.3 is 0 Å². The number of benzene rings is 2. The molecular weight excluding hydrogens is 282 g/mol. The number of hydrogen-bond acceptors (Lipinski definition) is 5. The van der Waals surface area contributed by atoms with E-state index in [0.717, 1.165) is 22.1 Å². The Kier molecular flexibility index (Phi) is 3.95. The van der Waals surface area contributed by atoms with Crippen molar-refractivity contribution in [2.45, 2.75) is 13.0 Å². The highest BCUT2D eigenvalue weighted by molar-refractivity contribution is 5.86. The van der Waals surface area contributed by atoms with Crippen LogP contribution in [0.2, 0.25) is 0 Å². The fourth-order valence-corrected chi connectivity index (χ4v) is 2.14. The van der Waals surface area contributed by atoms with Crippen molar-refractivity contribution >= 4 is 16.7 Å². The van der Waals surface area contributed by atoms with Crippen molar-refractivity contribution in [3.05, 3.63) is 47.8 Å². The number of nitrogens with zero attached hydrogens (tertiary/aromatic N) is 3. The van der Waals surface area contributed by atoms with Crippen molar-refractivity contribution < 1.29 is 9.53 Å². The molecule has 3 aromatic rings. The molecule has 1 heterocycles. The molecule has 0 spiro atoms. The van der Waals surface area contributed by atoms with Gasteiger partial charge in [-0.05, 0) is 28.5 Å². The van der Waals surface area contributed by atoms with Crippen molar-refractivity contribution in [1.29, 1.82) is 0 Å². The Morgan fingerprint density at radius 3 is 2.82 bits per heavy atom. The fourth-order valence-electron chi connectivity index (χ4n) is 2.14. The molecule has 112 valence electrons. The summed E-state index contributed by atoms with van der Waals surface area (Å²) < 4.78 is 5.62. The second-order valence-electron chi connectivity index (χ2n) is 4.81. The maximum atomic E-state index is 11.4. The quantitative estimate of drug-likeness (QED) is 0.738. The first-order valence-corrected chi connectivity index (χ1v) is 6.83. The molecular formula is C15H15N5O2. The van der Waals surface area contributed by atoms with E-state index in [-0.39, 0.29) is 12.5 Å². The third-order valence-electron chi connectivity index (χ3n) is 3.28. The van der Waals surface area contributed by atoms with Gasteiger partial charge in [0.2, 0.25) is 11.7 Å². The zero-order valence-corrected chi connectivity index (χ0v) is 12.0. The van der Waals surface area contributed by atoms with E-state index in [4.69, 9.17) is 4.74 Å². The summed E-state index contributed by atoms with van der Waals surface area (Å²) in [5.41, 5.74) is 0.979. The van der Waals surface area contributed by atoms with Crippen LogP contribution >= 0.6 is 0 Å². The molecule has 7 heteroatoms. The Morgan fingerprint density at radius 1 is 1.23 bits per heavy atom. The van der Waals surface area contributed by atoms with Gasteiger partial charge < -0.3 is 10.1 Å². The number of fused-ring (bicyclic) bond motifs is 1. The number of likely N-dealkylation sites (N-methyl/N-ethyl adjacent to an activating group) is 1. The van der Waals surface area contributed by atoms with Gasteiger partial charge in [-0.3, -0.25) is 4.79 Å². The maximum Gasteiger partial charge on any atom is 0.224 e. The average Bonchev–Trinajstić information content (AvgIpc) is 3.06. The standard InChI is InChI=1S/C15H15N5O2/c1-16-15(21)7-10-2-3-12-8-13(5-4-11(12)6-10)22-9-14-17-19-20-18-14/h2-6,8H,7,9H2,1H3,(H,16,21)(H,17,18,19,20). The lowest BCUT2D eigenvalue weighted by molar-refractivity contribution is -0.119. The van der Waals surface area contributed by atoms with Crippen LogP contribution < -0.4 is 10.1 Å². The minimum Gasteiger partial charge on any atom is -0.485 e. The zero-order valence-electron chi connectivity index (χ0n) is 12.0. The lowest BCUT2D eigenvalue weighted by Crippen LogP contribution is -2.19. The zero-order chi connectivity index (χ0) is 15.4. The first kappa shape index (κ1) is 14.0. The average molecular weight is 297 g/mol. The van der Waals surface area contributed by atoms with Crippen molar-refractivity contribution in [3.63, 3.8) is 0 Å². The van der Waals surface area contributed by atoms with E-state index < -0.39 is 0 Å². The summed E-state index contributed by atoms with van der Waals surface area (Å²) in [6.07, 6.45) is 0.377. The number of ether oxygens (including phenoxy) is 1. The summed E-state index contributed by atoms with van der Waals surface area (Å²) in [5.74, 6) is 1.23. The Hall–Kier alpha value is -2.96. The SMILES string of the molecule is CNC(=O)Cc1ccc2cc(OCc3nn[nH]n3)ccc2c1. The van der Waals surface area contributed by atoms with Gasteiger partial charge in [-0.2, -0.15) is 5.21 Å². The normalized spacial score (nSPS) is 10.6.